The largest absolute Gasteiger partial charge is 1.00 e. The van der Waals surface area contributed by atoms with E-state index in [4.69, 9.17) is 0 Å². The van der Waals surface area contributed by atoms with Gasteiger partial charge in [-0.2, -0.15) is 0 Å². The fourth-order valence-electron chi connectivity index (χ4n) is 1.36. The van der Waals surface area contributed by atoms with Gasteiger partial charge in [0.25, 0.3) is 0 Å². The van der Waals surface area contributed by atoms with E-state index in [1.54, 1.807) is 0 Å². The molecule has 74 valence electrons. The minimum absolute atomic E-state index is 0. The number of rotatable bonds is 2. The molecule has 0 aromatic heterocycles. The van der Waals surface area contributed by atoms with Crippen molar-refractivity contribution in [1.82, 2.24) is 0 Å². The molecule has 0 bridgehead atoms. The van der Waals surface area contributed by atoms with Gasteiger partial charge in [0.15, 0.2) is 0 Å². The van der Waals surface area contributed by atoms with Crippen LogP contribution in [-0.2, 0) is 0 Å². The Morgan fingerprint density at radius 2 is 1.38 bits per heavy atom. The van der Waals surface area contributed by atoms with E-state index in [1.807, 2.05) is 0 Å². The molecule has 13 heavy (non-hydrogen) atoms. The molecule has 0 radical (unpaired) electrons. The van der Waals surface area contributed by atoms with Gasteiger partial charge in [0.2, 0.25) is 0 Å². The van der Waals surface area contributed by atoms with Crippen LogP contribution in [0.5, 0.6) is 0 Å². The fraction of sp³-hybridized carbons (Fsp3) is 0.455. The van der Waals surface area contributed by atoms with Crippen LogP contribution in [0.3, 0.4) is 0 Å². The van der Waals surface area contributed by atoms with Crippen molar-refractivity contribution in [3.8, 4) is 0 Å². The van der Waals surface area contributed by atoms with E-state index in [2.05, 4.69) is 57.6 Å². The molecule has 0 fully saturated rings. The van der Waals surface area contributed by atoms with Crippen molar-refractivity contribution in [3.63, 3.8) is 0 Å². The minimum Gasteiger partial charge on any atom is -1.00 e. The van der Waals surface area contributed by atoms with Crippen LogP contribution in [0.4, 0.5) is 0 Å². The Kier molecular flexibility index (Phi) is 5.56. The van der Waals surface area contributed by atoms with Gasteiger partial charge in [0, 0.05) is 5.92 Å². The second-order valence-electron chi connectivity index (χ2n) is 4.29. The van der Waals surface area contributed by atoms with Crippen LogP contribution in [0.2, 0.25) is 0 Å². The molecule has 0 saturated heterocycles. The first-order valence-electron chi connectivity index (χ1n) is 4.40. The molecular weight excluding hydrogens is 273 g/mol. The Balaban J connectivity index is 0.00000144. The van der Waals surface area contributed by atoms with E-state index in [-0.39, 0.29) is 24.0 Å². The van der Waals surface area contributed by atoms with Gasteiger partial charge in [0.1, 0.15) is 0 Å². The highest BCUT2D eigenvalue weighted by atomic mass is 127. The molecule has 2 heteroatoms. The van der Waals surface area contributed by atoms with Crippen LogP contribution in [0.1, 0.15) is 0 Å². The average molecular weight is 291 g/mol. The molecule has 0 aromatic carbocycles. The van der Waals surface area contributed by atoms with Crippen LogP contribution in [0.15, 0.2) is 36.5 Å². The number of quaternary nitrogens is 1. The highest BCUT2D eigenvalue weighted by Crippen LogP contribution is 2.09. The van der Waals surface area contributed by atoms with Crippen molar-refractivity contribution in [2.75, 3.05) is 27.7 Å². The topological polar surface area (TPSA) is 0 Å². The number of halogens is 1. The first-order valence-corrected chi connectivity index (χ1v) is 4.40. The maximum atomic E-state index is 2.25. The summed E-state index contributed by atoms with van der Waals surface area (Å²) < 4.78 is 1.01. The molecule has 1 aliphatic rings. The Bertz CT molecular complexity index is 205. The Morgan fingerprint density at radius 3 is 1.77 bits per heavy atom. The summed E-state index contributed by atoms with van der Waals surface area (Å²) in [6.45, 7) is 1.16. The summed E-state index contributed by atoms with van der Waals surface area (Å²) in [4.78, 5) is 0. The van der Waals surface area contributed by atoms with Crippen LogP contribution >= 0.6 is 0 Å². The molecule has 0 aliphatic heterocycles. The van der Waals surface area contributed by atoms with Gasteiger partial charge in [-0.1, -0.05) is 36.5 Å². The summed E-state index contributed by atoms with van der Waals surface area (Å²) in [5.41, 5.74) is 0. The predicted octanol–water partition coefficient (Wildman–Crippen LogP) is -1.00. The lowest BCUT2D eigenvalue weighted by atomic mass is 10.1. The van der Waals surface area contributed by atoms with Crippen molar-refractivity contribution in [3.05, 3.63) is 36.5 Å². The molecule has 0 amide bonds. The van der Waals surface area contributed by atoms with Crippen LogP contribution in [0, 0.1) is 5.92 Å². The van der Waals surface area contributed by atoms with Gasteiger partial charge < -0.3 is 28.5 Å². The summed E-state index contributed by atoms with van der Waals surface area (Å²) in [7, 11) is 6.67. The number of hydrogen-bond donors (Lipinski definition) is 0. The lowest BCUT2D eigenvalue weighted by Crippen LogP contribution is -3.00. The van der Waals surface area contributed by atoms with E-state index in [0.29, 0.717) is 5.92 Å². The van der Waals surface area contributed by atoms with Crippen molar-refractivity contribution in [2.24, 2.45) is 5.92 Å². The molecule has 0 unspecified atom stereocenters. The first kappa shape index (κ1) is 12.9. The molecule has 0 N–H and O–H groups in total. The van der Waals surface area contributed by atoms with Gasteiger partial charge >= 0.3 is 0 Å². The fourth-order valence-corrected chi connectivity index (χ4v) is 1.36. The smallest absolute Gasteiger partial charge is 0.0879 e. The summed E-state index contributed by atoms with van der Waals surface area (Å²) in [5, 5.41) is 0. The molecule has 1 aliphatic carbocycles. The third-order valence-electron chi connectivity index (χ3n) is 1.81. The number of allylic oxidation sites excluding steroid dienone is 4. The van der Waals surface area contributed by atoms with E-state index in [0.717, 1.165) is 11.0 Å². The molecule has 0 aromatic rings. The van der Waals surface area contributed by atoms with E-state index < -0.39 is 0 Å². The standard InChI is InChI=1S/C11H18N.HI/c1-12(2,3)10-11-8-6-4-5-7-9-11;/h4-9,11H,10H2,1-3H3;1H/q+1;/p-1. The highest BCUT2D eigenvalue weighted by Gasteiger charge is 2.12. The molecule has 1 nitrogen and oxygen atoms in total. The maximum absolute atomic E-state index is 2.25. The van der Waals surface area contributed by atoms with Crippen molar-refractivity contribution >= 4 is 0 Å². The lowest BCUT2D eigenvalue weighted by Gasteiger charge is -2.26. The summed E-state index contributed by atoms with van der Waals surface area (Å²) in [6, 6.07) is 0. The van der Waals surface area contributed by atoms with Gasteiger partial charge in [-0.25, -0.2) is 0 Å². The van der Waals surface area contributed by atoms with Gasteiger partial charge in [-0.15, -0.1) is 0 Å². The monoisotopic (exact) mass is 291 g/mol. The van der Waals surface area contributed by atoms with Gasteiger partial charge in [-0.3, -0.25) is 0 Å². The Labute approximate surface area is 98.4 Å². The first-order chi connectivity index (χ1) is 5.58. The lowest BCUT2D eigenvalue weighted by molar-refractivity contribution is -0.872. The third kappa shape index (κ3) is 6.05. The molecule has 0 atom stereocenters. The summed E-state index contributed by atoms with van der Waals surface area (Å²) in [6.07, 6.45) is 12.9. The van der Waals surface area contributed by atoms with Gasteiger partial charge in [0.05, 0.1) is 27.7 Å². The van der Waals surface area contributed by atoms with Crippen LogP contribution < -0.4 is 24.0 Å². The Morgan fingerprint density at radius 1 is 0.923 bits per heavy atom. The molecule has 0 spiro atoms. The highest BCUT2D eigenvalue weighted by molar-refractivity contribution is 5.19. The zero-order valence-electron chi connectivity index (χ0n) is 8.57. The van der Waals surface area contributed by atoms with Crippen molar-refractivity contribution < 1.29 is 28.5 Å². The normalized spacial score (nSPS) is 16.8. The Hall–Kier alpha value is -0.0900. The molecule has 0 heterocycles. The quantitative estimate of drug-likeness (QED) is 0.452. The SMILES string of the molecule is C[N+](C)(C)CC1C=CC=CC=C1.[I-]. The van der Waals surface area contributed by atoms with E-state index >= 15 is 0 Å². The maximum Gasteiger partial charge on any atom is 0.0879 e. The van der Waals surface area contributed by atoms with E-state index in [9.17, 15) is 0 Å². The second kappa shape index (κ2) is 5.60. The second-order valence-corrected chi connectivity index (χ2v) is 4.29. The van der Waals surface area contributed by atoms with Crippen molar-refractivity contribution in [2.45, 2.75) is 0 Å². The molecule has 0 saturated carbocycles. The molecular formula is C11H18IN. The summed E-state index contributed by atoms with van der Waals surface area (Å²) >= 11 is 0. The number of nitrogens with zero attached hydrogens (tertiary/aromatic N) is 1. The predicted molar refractivity (Wildman–Crippen MR) is 53.8 cm³/mol. The van der Waals surface area contributed by atoms with Crippen molar-refractivity contribution in [1.29, 1.82) is 0 Å². The zero-order chi connectivity index (χ0) is 9.03. The average Bonchev–Trinajstić information content (AvgIpc) is 2.12. The van der Waals surface area contributed by atoms with E-state index in [1.165, 1.54) is 0 Å². The molecule has 1 rings (SSSR count). The van der Waals surface area contributed by atoms with Crippen LogP contribution in [0.25, 0.3) is 0 Å². The summed E-state index contributed by atoms with van der Waals surface area (Å²) in [5.74, 6) is 0.583. The zero-order valence-corrected chi connectivity index (χ0v) is 10.7. The third-order valence-corrected chi connectivity index (χ3v) is 1.81. The minimum atomic E-state index is 0. The van der Waals surface area contributed by atoms with Gasteiger partial charge in [-0.05, 0) is 0 Å². The number of hydrogen-bond acceptors (Lipinski definition) is 0. The van der Waals surface area contributed by atoms with Crippen LogP contribution in [-0.4, -0.2) is 32.2 Å².